The van der Waals surface area contributed by atoms with Gasteiger partial charge in [0.15, 0.2) is 17.4 Å². The summed E-state index contributed by atoms with van der Waals surface area (Å²) < 4.78 is 0. The number of halogens is 4. The molecule has 0 amide bonds. The summed E-state index contributed by atoms with van der Waals surface area (Å²) in [6, 6.07) is 0. The minimum absolute atomic E-state index is 0. The van der Waals surface area contributed by atoms with Crippen LogP contribution >= 0.6 is 49.6 Å². The van der Waals surface area contributed by atoms with Gasteiger partial charge in [-0.2, -0.15) is 0 Å². The Morgan fingerprint density at radius 3 is 0.500 bits per heavy atom. The zero-order valence-corrected chi connectivity index (χ0v) is 4.90. The third-order valence-electron chi connectivity index (χ3n) is 0. The second-order valence-corrected chi connectivity index (χ2v) is 0. The van der Waals surface area contributed by atoms with Crippen molar-refractivity contribution in [2.75, 3.05) is 0 Å². The Bertz CT molecular complexity index is 7.51. The first kappa shape index (κ1) is 60.9. The molecule has 6 heavy (non-hydrogen) atoms. The minimum atomic E-state index is 0. The van der Waals surface area contributed by atoms with Crippen molar-refractivity contribution in [2.45, 2.75) is 0 Å². The van der Waals surface area contributed by atoms with Crippen molar-refractivity contribution < 1.29 is 0 Å². The molecule has 0 atom stereocenters. The van der Waals surface area contributed by atoms with Crippen LogP contribution in [0.4, 0.5) is 0 Å². The van der Waals surface area contributed by atoms with E-state index in [9.17, 15) is 0 Å². The molecule has 0 aliphatic carbocycles. The van der Waals surface area contributed by atoms with E-state index < -0.39 is 0 Å². The quantitative estimate of drug-likeness (QED) is 0.522. The van der Waals surface area contributed by atoms with Crippen LogP contribution in [0, 0.1) is 0 Å². The molecule has 0 heterocycles. The van der Waals surface area contributed by atoms with Gasteiger partial charge >= 0.3 is 45.5 Å². The average Bonchev–Trinajstić information content (AvgIpc) is 0. The summed E-state index contributed by atoms with van der Waals surface area (Å²) in [6.45, 7) is 0. The molecule has 0 radical (unpaired) electrons. The van der Waals surface area contributed by atoms with E-state index in [0.29, 0.717) is 0 Å². The van der Waals surface area contributed by atoms with Crippen LogP contribution in [-0.4, -0.2) is 62.8 Å². The molecule has 0 spiro atoms. The van der Waals surface area contributed by atoms with Gasteiger partial charge in [-0.25, -0.2) is 0 Å². The Balaban J connectivity index is 0. The SMILES string of the molecule is Cl.Cl.Cl.Cl.[AlH3].[SrH2]. The van der Waals surface area contributed by atoms with Gasteiger partial charge in [-0.3, -0.25) is 0 Å². The van der Waals surface area contributed by atoms with E-state index in [-0.39, 0.29) is 112 Å². The molecule has 0 aliphatic heterocycles. The Morgan fingerprint density at radius 2 is 0.500 bits per heavy atom. The second kappa shape index (κ2) is 41.8. The molecule has 0 unspecified atom stereocenters. The summed E-state index contributed by atoms with van der Waals surface area (Å²) in [5.41, 5.74) is 0. The Hall–Kier alpha value is 3.17. The van der Waals surface area contributed by atoms with Crippen molar-refractivity contribution in [1.82, 2.24) is 0 Å². The third-order valence-corrected chi connectivity index (χ3v) is 0. The first-order valence-electron chi connectivity index (χ1n) is 0. The summed E-state index contributed by atoms with van der Waals surface area (Å²) in [7, 11) is 0. The molecule has 6 heteroatoms. The van der Waals surface area contributed by atoms with E-state index >= 15 is 0 Å². The van der Waals surface area contributed by atoms with Gasteiger partial charge in [0.25, 0.3) is 0 Å². The topological polar surface area (TPSA) is 0 Å². The Morgan fingerprint density at radius 1 is 0.500 bits per heavy atom. The molecule has 0 aliphatic rings. The van der Waals surface area contributed by atoms with E-state index in [4.69, 9.17) is 0 Å². The first-order chi connectivity index (χ1) is 0. The molecule has 42 valence electrons. The summed E-state index contributed by atoms with van der Waals surface area (Å²) in [4.78, 5) is 0. The van der Waals surface area contributed by atoms with Gasteiger partial charge in [-0.1, -0.05) is 0 Å². The summed E-state index contributed by atoms with van der Waals surface area (Å²) in [5.74, 6) is 0. The fraction of sp³-hybridized carbons (Fsp3) is 0. The van der Waals surface area contributed by atoms with Crippen LogP contribution in [0.1, 0.15) is 0 Å². The predicted molar refractivity (Wildman–Crippen MR) is 47.5 cm³/mol. The van der Waals surface area contributed by atoms with E-state index in [2.05, 4.69) is 0 Å². The van der Waals surface area contributed by atoms with Crippen LogP contribution in [0.2, 0.25) is 0 Å². The summed E-state index contributed by atoms with van der Waals surface area (Å²) in [6.07, 6.45) is 0. The van der Waals surface area contributed by atoms with Crippen molar-refractivity contribution in [2.24, 2.45) is 0 Å². The average molecular weight is 265 g/mol. The van der Waals surface area contributed by atoms with Gasteiger partial charge in [0.2, 0.25) is 0 Å². The molecular weight excluding hydrogens is 256 g/mol. The fourth-order valence-electron chi connectivity index (χ4n) is 0. The van der Waals surface area contributed by atoms with Gasteiger partial charge in [0, 0.05) is 0 Å². The van der Waals surface area contributed by atoms with Crippen molar-refractivity contribution in [3.63, 3.8) is 0 Å². The normalized spacial score (nSPS) is 0. The molecule has 0 saturated heterocycles. The van der Waals surface area contributed by atoms with Gasteiger partial charge in [-0.05, 0) is 0 Å². The number of hydrogen-bond donors (Lipinski definition) is 0. The van der Waals surface area contributed by atoms with E-state index in [1.807, 2.05) is 0 Å². The van der Waals surface area contributed by atoms with Crippen LogP contribution < -0.4 is 0 Å². The van der Waals surface area contributed by atoms with Crippen molar-refractivity contribution in [1.29, 1.82) is 0 Å². The molecule has 0 aromatic rings. The number of hydrogen-bond acceptors (Lipinski definition) is 0. The van der Waals surface area contributed by atoms with E-state index in [1.165, 1.54) is 0 Å². The fourth-order valence-corrected chi connectivity index (χ4v) is 0. The van der Waals surface area contributed by atoms with Gasteiger partial charge in [0.1, 0.15) is 0 Å². The molecule has 0 aromatic carbocycles. The predicted octanol–water partition coefficient (Wildman–Crippen LogP) is -0.413. The Labute approximate surface area is 110 Å². The van der Waals surface area contributed by atoms with Crippen LogP contribution in [0.3, 0.4) is 0 Å². The molecule has 0 bridgehead atoms. The van der Waals surface area contributed by atoms with Crippen molar-refractivity contribution in [3.05, 3.63) is 0 Å². The molecule has 0 nitrogen and oxygen atoms in total. The third kappa shape index (κ3) is 27.1. The molecular formula is H9AlCl4Sr. The monoisotopic (exact) mass is 264 g/mol. The van der Waals surface area contributed by atoms with Crippen LogP contribution in [-0.2, 0) is 0 Å². The molecule has 0 N–H and O–H groups in total. The molecule has 0 saturated carbocycles. The van der Waals surface area contributed by atoms with Gasteiger partial charge in [-0.15, -0.1) is 49.6 Å². The van der Waals surface area contributed by atoms with E-state index in [0.717, 1.165) is 0 Å². The maximum absolute atomic E-state index is 0. The molecule has 0 fully saturated rings. The van der Waals surface area contributed by atoms with Gasteiger partial charge in [0.05, 0.1) is 0 Å². The van der Waals surface area contributed by atoms with Gasteiger partial charge < -0.3 is 0 Å². The Kier molecular flexibility index (Phi) is 424. The number of rotatable bonds is 0. The van der Waals surface area contributed by atoms with Crippen molar-refractivity contribution >= 4 is 112 Å². The molecule has 0 aromatic heterocycles. The second-order valence-electron chi connectivity index (χ2n) is 0. The maximum atomic E-state index is 0. The summed E-state index contributed by atoms with van der Waals surface area (Å²) in [5, 5.41) is 0. The van der Waals surface area contributed by atoms with Crippen LogP contribution in [0.15, 0.2) is 0 Å². The standard InChI is InChI=1S/Al.4ClH.Sr.5H/h;4*1H;;;;;;. The summed E-state index contributed by atoms with van der Waals surface area (Å²) >= 11 is 0. The van der Waals surface area contributed by atoms with Crippen molar-refractivity contribution in [3.8, 4) is 0 Å². The zero-order chi connectivity index (χ0) is 0. The van der Waals surface area contributed by atoms with Crippen LogP contribution in [0.25, 0.3) is 0 Å². The van der Waals surface area contributed by atoms with Crippen LogP contribution in [0.5, 0.6) is 0 Å². The van der Waals surface area contributed by atoms with E-state index in [1.54, 1.807) is 0 Å². The zero-order valence-electron chi connectivity index (χ0n) is 1.63. The molecule has 0 rings (SSSR count). The first-order valence-corrected chi connectivity index (χ1v) is 0.